The monoisotopic (exact) mass is 247 g/mol. The number of allylic oxidation sites excluding steroid dienone is 2. The maximum atomic E-state index is 12.5. The summed E-state index contributed by atoms with van der Waals surface area (Å²) in [5.41, 5.74) is -1.88. The molecular weight excluding hydrogens is 233 g/mol. The van der Waals surface area contributed by atoms with Crippen LogP contribution in [0.15, 0.2) is 11.3 Å². The number of Topliss-reactive ketones (excluding diaryl/α,β-unsaturated/α-hetero) is 1. The molecule has 0 radical (unpaired) electrons. The summed E-state index contributed by atoms with van der Waals surface area (Å²) in [5.74, 6) is -3.08. The van der Waals surface area contributed by atoms with Crippen LogP contribution in [-0.2, 0) is 4.79 Å². The lowest BCUT2D eigenvalue weighted by molar-refractivity contribution is -0.362. The summed E-state index contributed by atoms with van der Waals surface area (Å²) < 4.78 is 37.4. The third kappa shape index (κ3) is 1.31. The van der Waals surface area contributed by atoms with Gasteiger partial charge in [0.1, 0.15) is 0 Å². The zero-order valence-electron chi connectivity index (χ0n) is 9.94. The van der Waals surface area contributed by atoms with E-state index < -0.39 is 40.0 Å². The number of carbonyl (C=O) groups excluding carboxylic acids is 1. The fraction of sp³-hybridized carbons (Fsp3) is 0.750. The Hall–Kier alpha value is -1.00. The van der Waals surface area contributed by atoms with Crippen LogP contribution in [0.4, 0.5) is 13.2 Å². The minimum atomic E-state index is -4.94. The molecule has 2 bridgehead atoms. The third-order valence-electron chi connectivity index (χ3n) is 4.82. The maximum absolute atomic E-state index is 12.5. The Labute approximate surface area is 97.5 Å². The number of halogens is 3. The average Bonchev–Trinajstić information content (AvgIpc) is 2.47. The molecule has 5 heteroatoms. The molecule has 0 N–H and O–H groups in total. The standard InChI is InChI=1S/C12H15F3O2/c1-10(2)6-4-5-11(10,3)8(16)7(6)9(17)12(13,14)15/h6,17H,4-5H2,1-3H3/p-1/t6-,11+/m1/s1. The molecule has 2 fully saturated rings. The zero-order chi connectivity index (χ0) is 13.2. The molecule has 0 spiro atoms. The SMILES string of the molecule is CC1(C)[C@@H]2CC[C@@]1(C)C(=O)C2=C([O-])C(F)(F)F. The molecule has 0 aromatic rings. The Bertz CT molecular complexity index is 420. The van der Waals surface area contributed by atoms with Gasteiger partial charge in [-0.05, 0) is 35.5 Å². The summed E-state index contributed by atoms with van der Waals surface area (Å²) in [7, 11) is 0. The summed E-state index contributed by atoms with van der Waals surface area (Å²) in [6.45, 7) is 5.23. The molecule has 0 aromatic carbocycles. The molecule has 0 amide bonds. The molecule has 2 atom stereocenters. The van der Waals surface area contributed by atoms with Gasteiger partial charge in [-0.3, -0.25) is 4.79 Å². The molecule has 2 saturated carbocycles. The van der Waals surface area contributed by atoms with Crippen LogP contribution in [-0.4, -0.2) is 12.0 Å². The molecule has 2 aliphatic carbocycles. The largest absolute Gasteiger partial charge is 0.869 e. The highest BCUT2D eigenvalue weighted by molar-refractivity contribution is 6.05. The van der Waals surface area contributed by atoms with Gasteiger partial charge in [0.25, 0.3) is 0 Å². The van der Waals surface area contributed by atoms with Crippen LogP contribution in [0.5, 0.6) is 0 Å². The Kier molecular flexibility index (Phi) is 2.24. The van der Waals surface area contributed by atoms with Crippen molar-refractivity contribution in [1.29, 1.82) is 0 Å². The second kappa shape index (κ2) is 3.06. The van der Waals surface area contributed by atoms with Gasteiger partial charge in [-0.2, -0.15) is 13.2 Å². The minimum absolute atomic E-state index is 0.492. The van der Waals surface area contributed by atoms with Crippen LogP contribution >= 0.6 is 0 Å². The second-order valence-electron chi connectivity index (χ2n) is 5.71. The van der Waals surface area contributed by atoms with E-state index in [0.717, 1.165) is 0 Å². The fourth-order valence-corrected chi connectivity index (χ4v) is 3.28. The first-order valence-corrected chi connectivity index (χ1v) is 5.56. The number of hydrogen-bond donors (Lipinski definition) is 0. The summed E-state index contributed by atoms with van der Waals surface area (Å²) in [4.78, 5) is 12.0. The van der Waals surface area contributed by atoms with Crippen LogP contribution in [0.2, 0.25) is 0 Å². The molecule has 0 heterocycles. The summed E-state index contributed by atoms with van der Waals surface area (Å²) in [5, 5.41) is 11.3. The molecule has 17 heavy (non-hydrogen) atoms. The summed E-state index contributed by atoms with van der Waals surface area (Å²) >= 11 is 0. The van der Waals surface area contributed by atoms with Crippen molar-refractivity contribution < 1.29 is 23.1 Å². The smallest absolute Gasteiger partial charge is 0.402 e. The Balaban J connectivity index is 2.60. The first-order valence-electron chi connectivity index (χ1n) is 5.56. The fourth-order valence-electron chi connectivity index (χ4n) is 3.28. The highest BCUT2D eigenvalue weighted by Crippen LogP contribution is 2.66. The van der Waals surface area contributed by atoms with Crippen LogP contribution in [0.3, 0.4) is 0 Å². The first kappa shape index (κ1) is 12.5. The van der Waals surface area contributed by atoms with Gasteiger partial charge < -0.3 is 5.11 Å². The number of carbonyl (C=O) groups is 1. The van der Waals surface area contributed by atoms with Crippen molar-refractivity contribution in [1.82, 2.24) is 0 Å². The van der Waals surface area contributed by atoms with Crippen LogP contribution < -0.4 is 5.11 Å². The lowest BCUT2D eigenvalue weighted by atomic mass is 9.70. The number of alkyl halides is 3. The van der Waals surface area contributed by atoms with Gasteiger partial charge in [-0.25, -0.2) is 0 Å². The van der Waals surface area contributed by atoms with Crippen LogP contribution in [0, 0.1) is 16.7 Å². The van der Waals surface area contributed by atoms with Crippen molar-refractivity contribution in [2.45, 2.75) is 39.8 Å². The van der Waals surface area contributed by atoms with E-state index in [-0.39, 0.29) is 0 Å². The number of ketones is 1. The van der Waals surface area contributed by atoms with Crippen molar-refractivity contribution in [3.63, 3.8) is 0 Å². The predicted molar refractivity (Wildman–Crippen MR) is 52.7 cm³/mol. The van der Waals surface area contributed by atoms with Gasteiger partial charge in [0, 0.05) is 5.41 Å². The van der Waals surface area contributed by atoms with E-state index in [1.54, 1.807) is 20.8 Å². The van der Waals surface area contributed by atoms with Gasteiger partial charge in [0.2, 0.25) is 0 Å². The molecule has 2 nitrogen and oxygen atoms in total. The van der Waals surface area contributed by atoms with Gasteiger partial charge >= 0.3 is 6.18 Å². The Morgan fingerprint density at radius 1 is 1.35 bits per heavy atom. The number of hydrogen-bond acceptors (Lipinski definition) is 2. The topological polar surface area (TPSA) is 40.1 Å². The number of fused-ring (bicyclic) bond motifs is 2. The van der Waals surface area contributed by atoms with Gasteiger partial charge in [0.05, 0.1) is 0 Å². The predicted octanol–water partition coefficient (Wildman–Crippen LogP) is 2.19. The van der Waals surface area contributed by atoms with Crippen molar-refractivity contribution in [3.8, 4) is 0 Å². The molecule has 96 valence electrons. The molecule has 2 aliphatic rings. The lowest BCUT2D eigenvalue weighted by Crippen LogP contribution is -2.34. The van der Waals surface area contributed by atoms with Crippen molar-refractivity contribution >= 4 is 5.78 Å². The normalized spacial score (nSPS) is 38.7. The molecule has 0 aliphatic heterocycles. The zero-order valence-corrected chi connectivity index (χ0v) is 9.94. The Morgan fingerprint density at radius 3 is 2.24 bits per heavy atom. The average molecular weight is 247 g/mol. The van der Waals surface area contributed by atoms with E-state index in [1.165, 1.54) is 0 Å². The van der Waals surface area contributed by atoms with Crippen molar-refractivity contribution in [2.75, 3.05) is 0 Å². The quantitative estimate of drug-likeness (QED) is 0.486. The third-order valence-corrected chi connectivity index (χ3v) is 4.82. The minimum Gasteiger partial charge on any atom is -0.869 e. The highest BCUT2D eigenvalue weighted by Gasteiger charge is 2.64. The van der Waals surface area contributed by atoms with E-state index in [2.05, 4.69) is 0 Å². The molecule has 0 aromatic heterocycles. The van der Waals surface area contributed by atoms with Gasteiger partial charge in [-0.15, -0.1) is 0 Å². The van der Waals surface area contributed by atoms with Gasteiger partial charge in [0.15, 0.2) is 5.78 Å². The Morgan fingerprint density at radius 2 is 1.88 bits per heavy atom. The molecular formula is C12H14F3O2-. The summed E-state index contributed by atoms with van der Waals surface area (Å²) in [6.07, 6.45) is -3.88. The van der Waals surface area contributed by atoms with E-state index >= 15 is 0 Å². The van der Waals surface area contributed by atoms with E-state index in [1.807, 2.05) is 0 Å². The van der Waals surface area contributed by atoms with E-state index in [0.29, 0.717) is 12.8 Å². The highest BCUT2D eigenvalue weighted by atomic mass is 19.4. The van der Waals surface area contributed by atoms with E-state index in [4.69, 9.17) is 0 Å². The summed E-state index contributed by atoms with van der Waals surface area (Å²) in [6, 6.07) is 0. The van der Waals surface area contributed by atoms with Crippen LogP contribution in [0.1, 0.15) is 33.6 Å². The lowest BCUT2D eigenvalue weighted by Gasteiger charge is -2.31. The molecule has 0 unspecified atom stereocenters. The first-order chi connectivity index (χ1) is 7.53. The second-order valence-corrected chi connectivity index (χ2v) is 5.71. The number of rotatable bonds is 0. The van der Waals surface area contributed by atoms with Crippen LogP contribution in [0.25, 0.3) is 0 Å². The molecule has 2 rings (SSSR count). The van der Waals surface area contributed by atoms with Gasteiger partial charge in [-0.1, -0.05) is 20.8 Å². The maximum Gasteiger partial charge on any atom is 0.402 e. The van der Waals surface area contributed by atoms with E-state index in [9.17, 15) is 23.1 Å². The van der Waals surface area contributed by atoms with Crippen molar-refractivity contribution in [2.24, 2.45) is 16.7 Å². The van der Waals surface area contributed by atoms with Crippen molar-refractivity contribution in [3.05, 3.63) is 11.3 Å². The molecule has 0 saturated heterocycles.